The number of carbonyl (C=O) groups is 1. The van der Waals surface area contributed by atoms with Gasteiger partial charge in [0.05, 0.1) is 24.0 Å². The first kappa shape index (κ1) is 23.0. The summed E-state index contributed by atoms with van der Waals surface area (Å²) < 4.78 is 29.9. The Morgan fingerprint density at radius 2 is 2.06 bits per heavy atom. The van der Waals surface area contributed by atoms with Crippen molar-refractivity contribution in [2.24, 2.45) is 0 Å². The fraction of sp³-hybridized carbons (Fsp3) is 0.304. The molecular weight excluding hydrogens is 454 g/mol. The van der Waals surface area contributed by atoms with Gasteiger partial charge in [0, 0.05) is 40.7 Å². The van der Waals surface area contributed by atoms with Gasteiger partial charge in [0.1, 0.15) is 5.75 Å². The number of aromatic amines is 1. The van der Waals surface area contributed by atoms with Crippen LogP contribution < -0.4 is 15.0 Å². The van der Waals surface area contributed by atoms with E-state index in [0.29, 0.717) is 17.7 Å². The smallest absolute Gasteiger partial charge is 0.420 e. The molecule has 1 aliphatic heterocycles. The van der Waals surface area contributed by atoms with E-state index in [1.165, 1.54) is 24.3 Å². The molecule has 0 saturated heterocycles. The van der Waals surface area contributed by atoms with Crippen LogP contribution in [0.25, 0.3) is 11.3 Å². The third kappa shape index (κ3) is 4.94. The summed E-state index contributed by atoms with van der Waals surface area (Å²) in [6.45, 7) is 4.11. The molecule has 0 aliphatic carbocycles. The van der Waals surface area contributed by atoms with Gasteiger partial charge in [-0.1, -0.05) is 0 Å². The monoisotopic (exact) mass is 476 g/mol. The van der Waals surface area contributed by atoms with Crippen LogP contribution in [-0.4, -0.2) is 45.5 Å². The third-order valence-electron chi connectivity index (χ3n) is 5.46. The molecule has 1 unspecified atom stereocenters. The van der Waals surface area contributed by atoms with Crippen molar-refractivity contribution in [3.63, 3.8) is 0 Å². The van der Waals surface area contributed by atoms with Gasteiger partial charge in [0.25, 0.3) is 5.91 Å². The van der Waals surface area contributed by atoms with E-state index in [1.54, 1.807) is 12.3 Å². The first-order chi connectivity index (χ1) is 15.7. The van der Waals surface area contributed by atoms with Crippen molar-refractivity contribution in [3.05, 3.63) is 59.8 Å². The number of H-pyrrole nitrogens is 1. The van der Waals surface area contributed by atoms with Crippen LogP contribution in [0.15, 0.2) is 48.7 Å². The minimum atomic E-state index is -3.81. The second-order valence-corrected chi connectivity index (χ2v) is 8.51. The fourth-order valence-electron chi connectivity index (χ4n) is 4.21. The Hall–Kier alpha value is -3.17. The molecule has 0 fully saturated rings. The number of aliphatic hydroxyl groups excluding tert-OH is 1. The first-order valence-electron chi connectivity index (χ1n) is 10.4. The molecule has 33 heavy (non-hydrogen) atoms. The minimum absolute atomic E-state index is 0.00737. The summed E-state index contributed by atoms with van der Waals surface area (Å²) in [7, 11) is 0. The van der Waals surface area contributed by atoms with Crippen molar-refractivity contribution in [1.82, 2.24) is 10.2 Å². The summed E-state index contributed by atoms with van der Waals surface area (Å²) in [4.78, 5) is 15.2. The number of benzene rings is 2. The van der Waals surface area contributed by atoms with Crippen LogP contribution in [-0.2, 0) is 6.42 Å². The van der Waals surface area contributed by atoms with E-state index >= 15 is 0 Å². The molecular formula is C23H23ClF2N4O3. The molecule has 2 aromatic carbocycles. The van der Waals surface area contributed by atoms with Gasteiger partial charge in [-0.2, -0.15) is 5.10 Å². The summed E-state index contributed by atoms with van der Waals surface area (Å²) in [5, 5.41) is 19.7. The summed E-state index contributed by atoms with van der Waals surface area (Å²) in [5.74, 6) is -0.491. The maximum Gasteiger partial charge on any atom is 0.487 e. The van der Waals surface area contributed by atoms with E-state index in [-0.39, 0.29) is 30.3 Å². The van der Waals surface area contributed by atoms with Crippen LogP contribution in [0, 0.1) is 0 Å². The number of nitrogens with zero attached hydrogens (tertiary/aromatic N) is 2. The quantitative estimate of drug-likeness (QED) is 0.433. The summed E-state index contributed by atoms with van der Waals surface area (Å²) in [5.41, 5.74) is 0.510. The Labute approximate surface area is 194 Å². The van der Waals surface area contributed by atoms with Gasteiger partial charge in [0.2, 0.25) is 0 Å². The largest absolute Gasteiger partial charge is 0.487 e. The zero-order valence-corrected chi connectivity index (χ0v) is 18.7. The van der Waals surface area contributed by atoms with Gasteiger partial charge in [-0.05, 0) is 68.3 Å². The van der Waals surface area contributed by atoms with E-state index < -0.39 is 5.57 Å². The number of rotatable bonds is 7. The number of halogens is 3. The number of ether oxygens (including phenoxy) is 1. The van der Waals surface area contributed by atoms with E-state index in [2.05, 4.69) is 39.0 Å². The number of hydrogen-bond acceptors (Lipinski definition) is 5. The van der Waals surface area contributed by atoms with Crippen molar-refractivity contribution in [2.45, 2.75) is 37.9 Å². The summed E-state index contributed by atoms with van der Waals surface area (Å²) in [6.07, 6.45) is 2.24. The predicted molar refractivity (Wildman–Crippen MR) is 122 cm³/mol. The van der Waals surface area contributed by atoms with Crippen LogP contribution in [0.3, 0.4) is 0 Å². The molecule has 1 aliphatic rings. The standard InChI is InChI=1S/C23H23ClF2N4O3/c1-13(2)30-17(12-31)10-14-9-15(11-19(21(14)30)20-7-8-27-29-20)22(32)28-16-3-5-18(6-4-16)33-23(24,25)26/h3-9,11,13,17,31H,10,12H2,1-2H3,(H,27,29)(H,28,32). The number of nitrogens with one attached hydrogen (secondary N) is 2. The average Bonchev–Trinajstić information content (AvgIpc) is 3.41. The number of alkyl halides is 3. The molecule has 3 N–H and O–H groups in total. The molecule has 0 bridgehead atoms. The van der Waals surface area contributed by atoms with Crippen LogP contribution in [0.4, 0.5) is 20.2 Å². The molecule has 174 valence electrons. The first-order valence-corrected chi connectivity index (χ1v) is 10.8. The van der Waals surface area contributed by atoms with Crippen molar-refractivity contribution in [2.75, 3.05) is 16.8 Å². The molecule has 0 radical (unpaired) electrons. The van der Waals surface area contributed by atoms with Crippen molar-refractivity contribution in [3.8, 4) is 17.0 Å². The molecule has 0 spiro atoms. The van der Waals surface area contributed by atoms with Crippen LogP contribution in [0.5, 0.6) is 5.75 Å². The lowest BCUT2D eigenvalue weighted by Crippen LogP contribution is -2.40. The van der Waals surface area contributed by atoms with Gasteiger partial charge in [-0.3, -0.25) is 9.89 Å². The zero-order valence-electron chi connectivity index (χ0n) is 18.0. The van der Waals surface area contributed by atoms with E-state index in [0.717, 1.165) is 22.5 Å². The molecule has 1 amide bonds. The highest BCUT2D eigenvalue weighted by molar-refractivity contribution is 6.20. The second-order valence-electron chi connectivity index (χ2n) is 8.07. The SMILES string of the molecule is CC(C)N1c2c(cc(C(=O)Nc3ccc(OC(F)(F)Cl)cc3)cc2-c2ccn[nH]2)CC1CO. The number of aromatic nitrogens is 2. The van der Waals surface area contributed by atoms with Crippen molar-refractivity contribution >= 4 is 28.9 Å². The average molecular weight is 477 g/mol. The molecule has 0 saturated carbocycles. The Balaban J connectivity index is 1.65. The minimum Gasteiger partial charge on any atom is -0.420 e. The summed E-state index contributed by atoms with van der Waals surface area (Å²) >= 11 is 4.77. The van der Waals surface area contributed by atoms with E-state index in [9.17, 15) is 18.7 Å². The lowest BCUT2D eigenvalue weighted by molar-refractivity contribution is -0.0964. The van der Waals surface area contributed by atoms with Crippen LogP contribution in [0.1, 0.15) is 29.8 Å². The molecule has 2 heterocycles. The van der Waals surface area contributed by atoms with E-state index in [1.807, 2.05) is 12.1 Å². The normalized spacial score (nSPS) is 15.6. The molecule has 4 rings (SSSR count). The highest BCUT2D eigenvalue weighted by Crippen LogP contribution is 2.42. The van der Waals surface area contributed by atoms with Gasteiger partial charge >= 0.3 is 5.57 Å². The third-order valence-corrected chi connectivity index (χ3v) is 5.54. The van der Waals surface area contributed by atoms with Gasteiger partial charge in [-0.25, -0.2) is 0 Å². The molecule has 1 atom stereocenters. The predicted octanol–water partition coefficient (Wildman–Crippen LogP) is 4.63. The molecule has 1 aromatic heterocycles. The van der Waals surface area contributed by atoms with Crippen molar-refractivity contribution < 1.29 is 23.4 Å². The Morgan fingerprint density at radius 1 is 1.33 bits per heavy atom. The Kier molecular flexibility index (Phi) is 6.27. The number of hydrogen-bond donors (Lipinski definition) is 3. The lowest BCUT2D eigenvalue weighted by atomic mass is 9.99. The van der Waals surface area contributed by atoms with Crippen molar-refractivity contribution in [1.29, 1.82) is 0 Å². The number of fused-ring (bicyclic) bond motifs is 1. The zero-order chi connectivity index (χ0) is 23.8. The van der Waals surface area contributed by atoms with Crippen LogP contribution >= 0.6 is 11.6 Å². The number of aliphatic hydroxyl groups is 1. The van der Waals surface area contributed by atoms with Gasteiger partial charge in [0.15, 0.2) is 0 Å². The Morgan fingerprint density at radius 3 is 2.64 bits per heavy atom. The second kappa shape index (κ2) is 8.99. The van der Waals surface area contributed by atoms with Gasteiger partial charge < -0.3 is 20.1 Å². The maximum absolute atomic E-state index is 13.0. The van der Waals surface area contributed by atoms with Crippen LogP contribution in [0.2, 0.25) is 0 Å². The summed E-state index contributed by atoms with van der Waals surface area (Å²) in [6, 6.07) is 11.0. The molecule has 10 heteroatoms. The topological polar surface area (TPSA) is 90.5 Å². The van der Waals surface area contributed by atoms with E-state index in [4.69, 9.17) is 11.6 Å². The maximum atomic E-state index is 13.0. The fourth-order valence-corrected chi connectivity index (χ4v) is 4.30. The highest BCUT2D eigenvalue weighted by atomic mass is 35.5. The number of amides is 1. The lowest BCUT2D eigenvalue weighted by Gasteiger charge is -2.31. The Bertz CT molecular complexity index is 1130. The number of carbonyl (C=O) groups excluding carboxylic acids is 1. The highest BCUT2D eigenvalue weighted by Gasteiger charge is 2.34. The molecule has 3 aromatic rings. The number of anilines is 2. The molecule has 7 nitrogen and oxygen atoms in total. The van der Waals surface area contributed by atoms with Gasteiger partial charge in [-0.15, -0.1) is 8.78 Å².